The first kappa shape index (κ1) is 16.9. The molecule has 2 aliphatic rings. The van der Waals surface area contributed by atoms with E-state index in [-0.39, 0.29) is 4.90 Å². The average Bonchev–Trinajstić information content (AvgIpc) is 2.60. The van der Waals surface area contributed by atoms with Gasteiger partial charge in [-0.25, -0.2) is 8.42 Å². The van der Waals surface area contributed by atoms with Crippen molar-refractivity contribution in [2.24, 2.45) is 0 Å². The second kappa shape index (κ2) is 5.74. The Hall–Kier alpha value is -2.54. The van der Waals surface area contributed by atoms with Gasteiger partial charge in [0.2, 0.25) is 5.91 Å². The molecule has 0 radical (unpaired) electrons. The minimum atomic E-state index is -3.85. The van der Waals surface area contributed by atoms with Crippen LogP contribution < -0.4 is 14.8 Å². The zero-order valence-corrected chi connectivity index (χ0v) is 15.2. The van der Waals surface area contributed by atoms with Crippen LogP contribution in [0.25, 0.3) is 0 Å². The quantitative estimate of drug-likeness (QED) is 0.892. The second-order valence-corrected chi connectivity index (χ2v) is 8.88. The highest BCUT2D eigenvalue weighted by molar-refractivity contribution is 7.92. The summed E-state index contributed by atoms with van der Waals surface area (Å²) in [4.78, 5) is 12.9. The smallest absolute Gasteiger partial charge is 0.242 e. The van der Waals surface area contributed by atoms with Crippen molar-refractivity contribution in [3.05, 3.63) is 54.1 Å². The van der Waals surface area contributed by atoms with Crippen molar-refractivity contribution in [3.8, 4) is 11.5 Å². The van der Waals surface area contributed by atoms with Gasteiger partial charge in [-0.3, -0.25) is 4.79 Å². The maximum atomic E-state index is 13.2. The van der Waals surface area contributed by atoms with E-state index >= 15 is 0 Å². The number of carbonyl (C=O) groups excluding carboxylic acids is 1. The third-order valence-electron chi connectivity index (χ3n) is 4.98. The summed E-state index contributed by atoms with van der Waals surface area (Å²) in [5.41, 5.74) is -0.230. The number of sulfone groups is 1. The van der Waals surface area contributed by atoms with Crippen molar-refractivity contribution in [2.45, 2.75) is 35.1 Å². The van der Waals surface area contributed by atoms with Gasteiger partial charge in [0.1, 0.15) is 11.5 Å². The van der Waals surface area contributed by atoms with Crippen LogP contribution in [-0.2, 0) is 14.6 Å². The number of methoxy groups -OCH3 is 1. The van der Waals surface area contributed by atoms with Crippen molar-refractivity contribution in [3.63, 3.8) is 0 Å². The fourth-order valence-electron chi connectivity index (χ4n) is 3.83. The Morgan fingerprint density at radius 1 is 1.19 bits per heavy atom. The van der Waals surface area contributed by atoms with Gasteiger partial charge in [-0.2, -0.15) is 0 Å². The number of amides is 1. The highest BCUT2D eigenvalue weighted by Gasteiger charge is 2.54. The summed E-state index contributed by atoms with van der Waals surface area (Å²) >= 11 is 0. The van der Waals surface area contributed by atoms with Crippen molar-refractivity contribution >= 4 is 15.7 Å². The molecule has 6 nitrogen and oxygen atoms in total. The number of hydrogen-bond donors (Lipinski definition) is 1. The van der Waals surface area contributed by atoms with E-state index in [0.717, 1.165) is 0 Å². The Morgan fingerprint density at radius 3 is 2.62 bits per heavy atom. The Balaban J connectivity index is 1.85. The van der Waals surface area contributed by atoms with Gasteiger partial charge in [-0.15, -0.1) is 0 Å². The van der Waals surface area contributed by atoms with E-state index in [4.69, 9.17) is 9.47 Å². The number of fused-ring (bicyclic) bond motifs is 4. The highest BCUT2D eigenvalue weighted by atomic mass is 32.2. The molecule has 1 saturated heterocycles. The summed E-state index contributed by atoms with van der Waals surface area (Å²) in [6.45, 7) is 1.76. The molecular weight excluding hydrogens is 354 g/mol. The number of benzene rings is 2. The lowest BCUT2D eigenvalue weighted by atomic mass is 9.81. The third-order valence-corrected chi connectivity index (χ3v) is 7.12. The van der Waals surface area contributed by atoms with Gasteiger partial charge in [-0.1, -0.05) is 24.3 Å². The Labute approximate surface area is 152 Å². The first-order valence-electron chi connectivity index (χ1n) is 8.32. The van der Waals surface area contributed by atoms with E-state index in [2.05, 4.69) is 5.32 Å². The topological polar surface area (TPSA) is 81.7 Å². The molecule has 2 aliphatic heterocycles. The molecule has 3 atom stereocenters. The summed E-state index contributed by atoms with van der Waals surface area (Å²) in [7, 11) is -2.29. The number of carbonyl (C=O) groups is 1. The molecule has 0 aliphatic carbocycles. The summed E-state index contributed by atoms with van der Waals surface area (Å²) in [5, 5.41) is 1.55. The summed E-state index contributed by atoms with van der Waals surface area (Å²) in [6.07, 6.45) is 0.384. The Morgan fingerprint density at radius 2 is 1.92 bits per heavy atom. The largest absolute Gasteiger partial charge is 0.497 e. The van der Waals surface area contributed by atoms with Crippen molar-refractivity contribution < 1.29 is 22.7 Å². The molecule has 2 heterocycles. The molecule has 0 aromatic heterocycles. The lowest BCUT2D eigenvalue weighted by molar-refractivity contribution is -0.132. The number of rotatable bonds is 3. The van der Waals surface area contributed by atoms with E-state index in [1.807, 2.05) is 0 Å². The second-order valence-electron chi connectivity index (χ2n) is 6.82. The van der Waals surface area contributed by atoms with Crippen LogP contribution in [-0.4, -0.2) is 32.4 Å². The molecule has 3 unspecified atom stereocenters. The average molecular weight is 373 g/mol. The lowest BCUT2D eigenvalue weighted by Crippen LogP contribution is -2.63. The number of piperidine rings is 1. The summed E-state index contributed by atoms with van der Waals surface area (Å²) in [5.74, 6) is 0.125. The maximum Gasteiger partial charge on any atom is 0.242 e. The van der Waals surface area contributed by atoms with Crippen LogP contribution in [0.15, 0.2) is 53.4 Å². The number of nitrogens with one attached hydrogen (secondary N) is 1. The molecule has 1 fully saturated rings. The van der Waals surface area contributed by atoms with Crippen LogP contribution in [0.1, 0.15) is 24.8 Å². The molecular formula is C19H19NO5S. The van der Waals surface area contributed by atoms with Crippen molar-refractivity contribution in [2.75, 3.05) is 7.11 Å². The minimum Gasteiger partial charge on any atom is -0.497 e. The van der Waals surface area contributed by atoms with Crippen LogP contribution in [0.3, 0.4) is 0 Å². The van der Waals surface area contributed by atoms with Crippen LogP contribution in [0, 0.1) is 0 Å². The van der Waals surface area contributed by atoms with Gasteiger partial charge in [-0.05, 0) is 30.7 Å². The van der Waals surface area contributed by atoms with E-state index in [9.17, 15) is 13.2 Å². The van der Waals surface area contributed by atoms with E-state index in [1.54, 1.807) is 50.4 Å². The molecule has 2 bridgehead atoms. The molecule has 7 heteroatoms. The number of hydrogen-bond acceptors (Lipinski definition) is 5. The maximum absolute atomic E-state index is 13.2. The van der Waals surface area contributed by atoms with Crippen LogP contribution in [0.4, 0.5) is 0 Å². The van der Waals surface area contributed by atoms with E-state index < -0.39 is 32.6 Å². The lowest BCUT2D eigenvalue weighted by Gasteiger charge is -2.46. The van der Waals surface area contributed by atoms with Gasteiger partial charge in [0.15, 0.2) is 20.8 Å². The van der Waals surface area contributed by atoms with Gasteiger partial charge in [0.05, 0.1) is 12.0 Å². The van der Waals surface area contributed by atoms with Gasteiger partial charge < -0.3 is 14.8 Å². The molecule has 2 aromatic carbocycles. The molecule has 1 N–H and O–H groups in total. The molecule has 1 amide bonds. The van der Waals surface area contributed by atoms with Gasteiger partial charge in [0, 0.05) is 18.4 Å². The zero-order chi connectivity index (χ0) is 18.5. The van der Waals surface area contributed by atoms with E-state index in [1.165, 1.54) is 12.1 Å². The molecule has 136 valence electrons. The molecule has 0 spiro atoms. The third kappa shape index (κ3) is 2.54. The molecule has 0 saturated carbocycles. The van der Waals surface area contributed by atoms with Crippen LogP contribution >= 0.6 is 0 Å². The Kier molecular flexibility index (Phi) is 3.73. The standard InChI is InChI=1S/C19H19NO5S/c1-19-11-15(14-9-8-12(24-2)10-16(14)25-19)17(18(21)20-19)26(22,23)13-6-4-3-5-7-13/h3-10,15,17H,11H2,1-2H3,(H,20,21). The fourth-order valence-corrected chi connectivity index (χ4v) is 5.67. The fraction of sp³-hybridized carbons (Fsp3) is 0.316. The summed E-state index contributed by atoms with van der Waals surface area (Å²) in [6, 6.07) is 13.3. The monoisotopic (exact) mass is 373 g/mol. The zero-order valence-electron chi connectivity index (χ0n) is 14.4. The van der Waals surface area contributed by atoms with Gasteiger partial charge in [0.25, 0.3) is 0 Å². The normalized spacial score (nSPS) is 27.1. The van der Waals surface area contributed by atoms with Crippen molar-refractivity contribution in [1.29, 1.82) is 0 Å². The molecule has 2 aromatic rings. The predicted molar refractivity (Wildman–Crippen MR) is 94.9 cm³/mol. The SMILES string of the molecule is COc1ccc2c(c1)OC1(C)CC2C(S(=O)(=O)c2ccccc2)C(=O)N1. The molecule has 26 heavy (non-hydrogen) atoms. The first-order chi connectivity index (χ1) is 12.3. The summed E-state index contributed by atoms with van der Waals surface area (Å²) < 4.78 is 37.6. The highest BCUT2D eigenvalue weighted by Crippen LogP contribution is 2.48. The minimum absolute atomic E-state index is 0.144. The van der Waals surface area contributed by atoms with E-state index in [0.29, 0.717) is 23.5 Å². The predicted octanol–water partition coefficient (Wildman–Crippen LogP) is 2.25. The number of ether oxygens (including phenoxy) is 2. The van der Waals surface area contributed by atoms with Crippen LogP contribution in [0.5, 0.6) is 11.5 Å². The Bertz CT molecular complexity index is 973. The molecule has 4 rings (SSSR count). The van der Waals surface area contributed by atoms with Crippen molar-refractivity contribution in [1.82, 2.24) is 5.32 Å². The van der Waals surface area contributed by atoms with Gasteiger partial charge >= 0.3 is 0 Å². The first-order valence-corrected chi connectivity index (χ1v) is 9.87. The van der Waals surface area contributed by atoms with Crippen LogP contribution in [0.2, 0.25) is 0 Å².